The fourth-order valence-corrected chi connectivity index (χ4v) is 3.90. The highest BCUT2D eigenvalue weighted by molar-refractivity contribution is 8.01. The first-order valence-corrected chi connectivity index (χ1v) is 7.99. The topological polar surface area (TPSA) is 36.9 Å². The van der Waals surface area contributed by atoms with Gasteiger partial charge in [-0.05, 0) is 19.9 Å². The van der Waals surface area contributed by atoms with Crippen molar-refractivity contribution in [2.45, 2.75) is 24.5 Å². The van der Waals surface area contributed by atoms with E-state index in [-0.39, 0.29) is 16.5 Å². The molecule has 2 atom stereocenters. The lowest BCUT2D eigenvalue weighted by Crippen LogP contribution is -2.85. The van der Waals surface area contributed by atoms with Crippen LogP contribution in [-0.2, 0) is 4.79 Å². The van der Waals surface area contributed by atoms with Gasteiger partial charge in [-0.25, -0.2) is 0 Å². The van der Waals surface area contributed by atoms with E-state index >= 15 is 0 Å². The van der Waals surface area contributed by atoms with Gasteiger partial charge in [0.1, 0.15) is 5.37 Å². The zero-order valence-corrected chi connectivity index (χ0v) is 12.9. The van der Waals surface area contributed by atoms with Crippen molar-refractivity contribution in [3.05, 3.63) is 34.9 Å². The van der Waals surface area contributed by atoms with Crippen LogP contribution in [0.3, 0.4) is 0 Å². The molecule has 1 aliphatic rings. The summed E-state index contributed by atoms with van der Waals surface area (Å²) >= 11 is 7.95. The number of benzene rings is 1. The van der Waals surface area contributed by atoms with Gasteiger partial charge >= 0.3 is 0 Å². The lowest BCUT2D eigenvalue weighted by Gasteiger charge is -2.24. The van der Waals surface area contributed by atoms with Crippen LogP contribution in [0.25, 0.3) is 0 Å². The molecule has 2 N–H and O–H groups in total. The number of nitrogens with zero attached hydrogens (tertiary/aromatic N) is 1. The van der Waals surface area contributed by atoms with Crippen LogP contribution in [0, 0.1) is 0 Å². The van der Waals surface area contributed by atoms with Crippen LogP contribution in [0.2, 0.25) is 5.02 Å². The van der Waals surface area contributed by atoms with Gasteiger partial charge < -0.3 is 10.2 Å². The Morgan fingerprint density at radius 3 is 2.84 bits per heavy atom. The largest absolute Gasteiger partial charge is 0.345 e. The number of hydrogen-bond acceptors (Lipinski definition) is 2. The Balaban J connectivity index is 2.17. The molecule has 3 nitrogen and oxygen atoms in total. The molecule has 0 radical (unpaired) electrons. The van der Waals surface area contributed by atoms with Crippen LogP contribution in [-0.4, -0.2) is 35.7 Å². The summed E-state index contributed by atoms with van der Waals surface area (Å²) in [5.41, 5.74) is 1.04. The maximum Gasteiger partial charge on any atom is 0.236 e. The Kier molecular flexibility index (Phi) is 5.13. The Hall–Kier alpha value is -0.710. The monoisotopic (exact) mass is 299 g/mol. The predicted molar refractivity (Wildman–Crippen MR) is 80.3 cm³/mol. The average Bonchev–Trinajstić information content (AvgIpc) is 2.68. The smallest absolute Gasteiger partial charge is 0.236 e. The van der Waals surface area contributed by atoms with Crippen LogP contribution in [0.15, 0.2) is 24.3 Å². The number of carbonyl (C=O) groups excluding carboxylic acids is 1. The lowest BCUT2D eigenvalue weighted by atomic mass is 10.2. The molecule has 1 aliphatic heterocycles. The van der Waals surface area contributed by atoms with Crippen LogP contribution in [0.4, 0.5) is 0 Å². The first-order valence-electron chi connectivity index (χ1n) is 6.67. The fraction of sp³-hybridized carbons (Fsp3) is 0.500. The van der Waals surface area contributed by atoms with E-state index in [1.807, 2.05) is 36.1 Å². The minimum atomic E-state index is 0.0166. The van der Waals surface area contributed by atoms with Gasteiger partial charge in [0.15, 0.2) is 0 Å². The molecule has 1 heterocycles. The van der Waals surface area contributed by atoms with E-state index in [4.69, 9.17) is 11.6 Å². The summed E-state index contributed by atoms with van der Waals surface area (Å²) in [5.74, 6) is 0.222. The summed E-state index contributed by atoms with van der Waals surface area (Å²) in [4.78, 5) is 14.2. The summed E-state index contributed by atoms with van der Waals surface area (Å²) in [6.07, 6.45) is 0. The van der Waals surface area contributed by atoms with Crippen LogP contribution in [0.1, 0.15) is 24.8 Å². The first-order chi connectivity index (χ1) is 9.15. The number of carbonyl (C=O) groups is 1. The first kappa shape index (κ1) is 14.7. The highest BCUT2D eigenvalue weighted by atomic mass is 35.5. The molecule has 0 aromatic heterocycles. The van der Waals surface area contributed by atoms with Gasteiger partial charge in [-0.3, -0.25) is 4.79 Å². The van der Waals surface area contributed by atoms with Gasteiger partial charge in [-0.1, -0.05) is 29.8 Å². The summed E-state index contributed by atoms with van der Waals surface area (Å²) in [6.45, 7) is 6.85. The third-order valence-corrected chi connectivity index (χ3v) is 5.00. The van der Waals surface area contributed by atoms with Crippen molar-refractivity contribution in [3.8, 4) is 0 Å². The van der Waals surface area contributed by atoms with E-state index in [2.05, 4.69) is 12.2 Å². The van der Waals surface area contributed by atoms with Gasteiger partial charge in [0.25, 0.3) is 0 Å². The molecule has 0 saturated carbocycles. The lowest BCUT2D eigenvalue weighted by molar-refractivity contribution is -0.651. The van der Waals surface area contributed by atoms with E-state index < -0.39 is 0 Å². The summed E-state index contributed by atoms with van der Waals surface area (Å²) in [7, 11) is 0. The second-order valence-electron chi connectivity index (χ2n) is 4.67. The van der Waals surface area contributed by atoms with Crippen molar-refractivity contribution in [2.24, 2.45) is 0 Å². The van der Waals surface area contributed by atoms with Crippen molar-refractivity contribution in [2.75, 3.05) is 19.6 Å². The van der Waals surface area contributed by atoms with Crippen LogP contribution in [0.5, 0.6) is 0 Å². The molecule has 1 amide bonds. The number of nitrogens with two attached hydrogens (primary N) is 1. The summed E-state index contributed by atoms with van der Waals surface area (Å²) in [5, 5.41) is 3.03. The third kappa shape index (κ3) is 3.25. The maximum absolute atomic E-state index is 12.2. The van der Waals surface area contributed by atoms with Gasteiger partial charge in [-0.15, -0.1) is 11.8 Å². The normalized spacial score (nSPS) is 23.1. The molecule has 0 aliphatic carbocycles. The second kappa shape index (κ2) is 6.64. The fourth-order valence-electron chi connectivity index (χ4n) is 2.25. The van der Waals surface area contributed by atoms with Gasteiger partial charge in [-0.2, -0.15) is 0 Å². The predicted octanol–water partition coefficient (Wildman–Crippen LogP) is 1.89. The van der Waals surface area contributed by atoms with Crippen LogP contribution < -0.4 is 5.32 Å². The minimum absolute atomic E-state index is 0.0166. The molecule has 1 saturated heterocycles. The summed E-state index contributed by atoms with van der Waals surface area (Å²) < 4.78 is 0. The van der Waals surface area contributed by atoms with E-state index in [0.29, 0.717) is 0 Å². The Bertz CT molecular complexity index is 455. The van der Waals surface area contributed by atoms with E-state index in [1.165, 1.54) is 0 Å². The van der Waals surface area contributed by atoms with E-state index in [0.717, 1.165) is 30.2 Å². The van der Waals surface area contributed by atoms with Crippen molar-refractivity contribution in [3.63, 3.8) is 0 Å². The molecule has 1 aromatic carbocycles. The average molecular weight is 300 g/mol. The molecule has 0 bridgehead atoms. The minimum Gasteiger partial charge on any atom is -0.345 e. The zero-order valence-electron chi connectivity index (χ0n) is 11.3. The Morgan fingerprint density at radius 2 is 2.16 bits per heavy atom. The Morgan fingerprint density at radius 1 is 1.42 bits per heavy atom. The maximum atomic E-state index is 12.2. The molecular weight excluding hydrogens is 280 g/mol. The molecule has 2 rings (SSSR count). The van der Waals surface area contributed by atoms with Crippen molar-refractivity contribution in [1.29, 1.82) is 0 Å². The molecular formula is C14H20ClN2OS+. The van der Waals surface area contributed by atoms with Gasteiger partial charge in [0, 0.05) is 10.6 Å². The molecule has 19 heavy (non-hydrogen) atoms. The number of amides is 1. The third-order valence-electron chi connectivity index (χ3n) is 3.28. The molecule has 0 unspecified atom stereocenters. The van der Waals surface area contributed by atoms with Crippen molar-refractivity contribution < 1.29 is 10.1 Å². The van der Waals surface area contributed by atoms with E-state index in [1.54, 1.807) is 11.8 Å². The van der Waals surface area contributed by atoms with Crippen LogP contribution >= 0.6 is 23.4 Å². The number of rotatable bonds is 5. The molecule has 104 valence electrons. The van der Waals surface area contributed by atoms with Crippen molar-refractivity contribution >= 4 is 29.3 Å². The molecule has 1 fully saturated rings. The second-order valence-corrected chi connectivity index (χ2v) is 6.50. The summed E-state index contributed by atoms with van der Waals surface area (Å²) in [6, 6.07) is 7.81. The Labute approximate surface area is 123 Å². The van der Waals surface area contributed by atoms with Crippen molar-refractivity contribution in [1.82, 2.24) is 4.90 Å². The number of halogens is 1. The van der Waals surface area contributed by atoms with E-state index in [9.17, 15) is 4.79 Å². The number of quaternary nitrogens is 1. The molecule has 0 spiro atoms. The molecule has 1 aromatic rings. The SMILES string of the molecule is CC[NH2+]CCN1C(=O)[C@@H](C)S[C@@H]1c1ccccc1Cl. The highest BCUT2D eigenvalue weighted by Gasteiger charge is 2.39. The standard InChI is InChI=1S/C14H19ClN2OS/c1-3-16-8-9-17-13(18)10(2)19-14(17)11-6-4-5-7-12(11)15/h4-7,10,14,16H,3,8-9H2,1-2H3/p+1/t10-,14-/m1/s1. The number of likely N-dealkylation sites (N-methyl/N-ethyl adjacent to an activating group) is 1. The zero-order chi connectivity index (χ0) is 13.8. The van der Waals surface area contributed by atoms with Gasteiger partial charge in [0.05, 0.1) is 24.9 Å². The van der Waals surface area contributed by atoms with Gasteiger partial charge in [0.2, 0.25) is 5.91 Å². The number of thioether (sulfide) groups is 1. The number of hydrogen-bond donors (Lipinski definition) is 1. The molecule has 5 heteroatoms. The quantitative estimate of drug-likeness (QED) is 0.843. The highest BCUT2D eigenvalue weighted by Crippen LogP contribution is 2.44.